The van der Waals surface area contributed by atoms with Crippen LogP contribution in [0.4, 0.5) is 19.2 Å². The van der Waals surface area contributed by atoms with Gasteiger partial charge in [-0.25, -0.2) is 19.2 Å². The van der Waals surface area contributed by atoms with Crippen molar-refractivity contribution in [3.05, 3.63) is 0 Å². The van der Waals surface area contributed by atoms with E-state index in [1.54, 1.807) is 23.9 Å². The van der Waals surface area contributed by atoms with E-state index in [-0.39, 0.29) is 24.4 Å². The van der Waals surface area contributed by atoms with Gasteiger partial charge < -0.3 is 38.5 Å². The highest BCUT2D eigenvalue weighted by molar-refractivity contribution is 5.69. The van der Waals surface area contributed by atoms with Crippen molar-refractivity contribution < 1.29 is 38.1 Å². The van der Waals surface area contributed by atoms with Gasteiger partial charge in [-0.15, -0.1) is 0 Å². The summed E-state index contributed by atoms with van der Waals surface area (Å²) in [6.07, 6.45) is 5.40. The lowest BCUT2D eigenvalue weighted by Gasteiger charge is -2.29. The predicted octanol–water partition coefficient (Wildman–Crippen LogP) is 8.32. The molecule has 0 aromatic rings. The van der Waals surface area contributed by atoms with Crippen molar-refractivity contribution in [2.24, 2.45) is 0 Å². The summed E-state index contributed by atoms with van der Waals surface area (Å²) in [4.78, 5) is 56.9. The van der Waals surface area contributed by atoms with Gasteiger partial charge in [-0.2, -0.15) is 0 Å². The summed E-state index contributed by atoms with van der Waals surface area (Å²) < 4.78 is 22.1. The van der Waals surface area contributed by atoms with E-state index < -0.39 is 22.4 Å². The van der Waals surface area contributed by atoms with Crippen molar-refractivity contribution in [2.75, 3.05) is 53.4 Å². The Kier molecular flexibility index (Phi) is 19.3. The molecule has 4 amide bonds. The van der Waals surface area contributed by atoms with Crippen molar-refractivity contribution >= 4 is 24.4 Å². The monoisotopic (exact) mass is 687 g/mol. The number of ether oxygens (including phenoxy) is 4. The standard InChI is InChI=1S/C36H70N4O8/c1-33(2,3)45-29(41)37(13)23-21-27-39(31(43)47-35(7,8)9)25-19-17-15-16-18-20-26-40(32(44)48-36(10,11)12)28-22-24-38(14)30(42)46-34(4,5)6/h15-28H2,1-14H3. The fourth-order valence-corrected chi connectivity index (χ4v) is 4.41. The molecule has 0 aromatic heterocycles. The van der Waals surface area contributed by atoms with Crippen LogP contribution in [-0.4, -0.2) is 120 Å². The third-order valence-corrected chi connectivity index (χ3v) is 6.66. The summed E-state index contributed by atoms with van der Waals surface area (Å²) >= 11 is 0. The minimum Gasteiger partial charge on any atom is -0.444 e. The number of unbranched alkanes of at least 4 members (excludes halogenated alkanes) is 5. The minimum atomic E-state index is -0.593. The number of hydrogen-bond acceptors (Lipinski definition) is 8. The number of hydrogen-bond donors (Lipinski definition) is 0. The molecule has 0 fully saturated rings. The molecule has 0 unspecified atom stereocenters. The Morgan fingerprint density at radius 2 is 0.583 bits per heavy atom. The fraction of sp³-hybridized carbons (Fsp3) is 0.889. The van der Waals surface area contributed by atoms with Gasteiger partial charge >= 0.3 is 24.4 Å². The first-order chi connectivity index (χ1) is 21.8. The zero-order chi connectivity index (χ0) is 37.3. The van der Waals surface area contributed by atoms with E-state index in [4.69, 9.17) is 18.9 Å². The third kappa shape index (κ3) is 24.3. The number of rotatable bonds is 17. The molecule has 0 N–H and O–H groups in total. The summed E-state index contributed by atoms with van der Waals surface area (Å²) in [7, 11) is 3.40. The smallest absolute Gasteiger partial charge is 0.410 e. The molecule has 0 saturated carbocycles. The van der Waals surface area contributed by atoms with Crippen LogP contribution in [0.5, 0.6) is 0 Å². The molecule has 0 aliphatic rings. The molecule has 12 nitrogen and oxygen atoms in total. The lowest BCUT2D eigenvalue weighted by Crippen LogP contribution is -2.40. The van der Waals surface area contributed by atoms with E-state index in [1.807, 2.05) is 83.1 Å². The highest BCUT2D eigenvalue weighted by Gasteiger charge is 2.25. The van der Waals surface area contributed by atoms with Gasteiger partial charge in [-0.3, -0.25) is 0 Å². The summed E-state index contributed by atoms with van der Waals surface area (Å²) in [5.41, 5.74) is -2.31. The van der Waals surface area contributed by atoms with Gasteiger partial charge in [-0.1, -0.05) is 25.7 Å². The van der Waals surface area contributed by atoms with E-state index in [1.165, 1.54) is 9.80 Å². The average Bonchev–Trinajstić information content (AvgIpc) is 2.88. The van der Waals surface area contributed by atoms with Crippen LogP contribution in [0.25, 0.3) is 0 Å². The van der Waals surface area contributed by atoms with E-state index in [0.717, 1.165) is 38.5 Å². The van der Waals surface area contributed by atoms with Crippen molar-refractivity contribution in [2.45, 2.75) is 157 Å². The number of carbonyl (C=O) groups is 4. The minimum absolute atomic E-state index is 0.345. The Labute approximate surface area is 292 Å². The molecule has 48 heavy (non-hydrogen) atoms. The Hall–Kier alpha value is -2.92. The maximum absolute atomic E-state index is 12.9. The Balaban J connectivity index is 4.79. The number of nitrogens with zero attached hydrogens (tertiary/aromatic N) is 4. The molecule has 0 heterocycles. The van der Waals surface area contributed by atoms with Crippen molar-refractivity contribution in [3.63, 3.8) is 0 Å². The zero-order valence-electron chi connectivity index (χ0n) is 33.0. The molecule has 0 atom stereocenters. The second-order valence-corrected chi connectivity index (χ2v) is 16.6. The van der Waals surface area contributed by atoms with Crippen LogP contribution in [-0.2, 0) is 18.9 Å². The molecular weight excluding hydrogens is 616 g/mol. The molecule has 0 aromatic carbocycles. The topological polar surface area (TPSA) is 118 Å². The van der Waals surface area contributed by atoms with Gasteiger partial charge in [0, 0.05) is 53.4 Å². The highest BCUT2D eigenvalue weighted by atomic mass is 16.6. The molecule has 0 aliphatic carbocycles. The van der Waals surface area contributed by atoms with Gasteiger partial charge in [0.05, 0.1) is 0 Å². The summed E-state index contributed by atoms with van der Waals surface area (Å²) in [6, 6.07) is 0. The second kappa shape index (κ2) is 20.6. The highest BCUT2D eigenvalue weighted by Crippen LogP contribution is 2.16. The van der Waals surface area contributed by atoms with Gasteiger partial charge in [0.1, 0.15) is 22.4 Å². The zero-order valence-corrected chi connectivity index (χ0v) is 33.0. The van der Waals surface area contributed by atoms with E-state index in [2.05, 4.69) is 0 Å². The van der Waals surface area contributed by atoms with Crippen LogP contribution in [0.3, 0.4) is 0 Å². The van der Waals surface area contributed by atoms with Crippen LogP contribution >= 0.6 is 0 Å². The van der Waals surface area contributed by atoms with E-state index in [9.17, 15) is 19.2 Å². The lowest BCUT2D eigenvalue weighted by molar-refractivity contribution is 0.0203. The summed E-state index contributed by atoms with van der Waals surface area (Å²) in [6.45, 7) is 25.2. The molecule has 0 aliphatic heterocycles. The van der Waals surface area contributed by atoms with Crippen molar-refractivity contribution in [1.29, 1.82) is 0 Å². The maximum atomic E-state index is 12.9. The van der Waals surface area contributed by atoms with Crippen LogP contribution in [0.15, 0.2) is 0 Å². The van der Waals surface area contributed by atoms with Crippen LogP contribution < -0.4 is 0 Å². The molecular formula is C36H70N4O8. The number of amides is 4. The SMILES string of the molecule is CN(CCCN(CCCCCCCCN(CCCN(C)C(=O)OC(C)(C)C)C(=O)OC(C)(C)C)C(=O)OC(C)(C)C)C(=O)OC(C)(C)C. The molecule has 0 saturated heterocycles. The Morgan fingerprint density at radius 3 is 0.854 bits per heavy atom. The third-order valence-electron chi connectivity index (χ3n) is 6.66. The molecule has 0 radical (unpaired) electrons. The van der Waals surface area contributed by atoms with Crippen molar-refractivity contribution in [1.82, 2.24) is 19.6 Å². The van der Waals surface area contributed by atoms with Crippen LogP contribution in [0.1, 0.15) is 134 Å². The molecule has 12 heteroatoms. The van der Waals surface area contributed by atoms with Gasteiger partial charge in [0.15, 0.2) is 0 Å². The summed E-state index contributed by atoms with van der Waals surface area (Å²) in [5.74, 6) is 0. The average molecular weight is 687 g/mol. The quantitative estimate of drug-likeness (QED) is 0.111. The first-order valence-corrected chi connectivity index (χ1v) is 17.6. The van der Waals surface area contributed by atoms with Crippen LogP contribution in [0.2, 0.25) is 0 Å². The second-order valence-electron chi connectivity index (χ2n) is 16.6. The normalized spacial score (nSPS) is 12.2. The molecule has 0 rings (SSSR count). The largest absolute Gasteiger partial charge is 0.444 e. The van der Waals surface area contributed by atoms with Gasteiger partial charge in [0.25, 0.3) is 0 Å². The molecule has 0 bridgehead atoms. The fourth-order valence-electron chi connectivity index (χ4n) is 4.41. The lowest BCUT2D eigenvalue weighted by atomic mass is 10.1. The van der Waals surface area contributed by atoms with E-state index >= 15 is 0 Å². The maximum Gasteiger partial charge on any atom is 0.410 e. The van der Waals surface area contributed by atoms with Crippen molar-refractivity contribution in [3.8, 4) is 0 Å². The Bertz CT molecular complexity index is 898. The Morgan fingerprint density at radius 1 is 0.354 bits per heavy atom. The summed E-state index contributed by atoms with van der Waals surface area (Å²) in [5, 5.41) is 0. The first-order valence-electron chi connectivity index (χ1n) is 17.6. The predicted molar refractivity (Wildman–Crippen MR) is 190 cm³/mol. The van der Waals surface area contributed by atoms with Gasteiger partial charge in [0.2, 0.25) is 0 Å². The first kappa shape index (κ1) is 45.1. The molecule has 282 valence electrons. The van der Waals surface area contributed by atoms with Gasteiger partial charge in [-0.05, 0) is 109 Å². The number of carbonyl (C=O) groups excluding carboxylic acids is 4. The van der Waals surface area contributed by atoms with E-state index in [0.29, 0.717) is 52.1 Å². The van der Waals surface area contributed by atoms with Crippen LogP contribution in [0, 0.1) is 0 Å². The molecule has 0 spiro atoms.